The van der Waals surface area contributed by atoms with Crippen molar-refractivity contribution >= 4 is 5.91 Å². The van der Waals surface area contributed by atoms with Crippen LogP contribution in [0.4, 0.5) is 0 Å². The minimum absolute atomic E-state index is 0.0533. The van der Waals surface area contributed by atoms with E-state index in [1.165, 1.54) is 5.56 Å². The highest BCUT2D eigenvalue weighted by Crippen LogP contribution is 2.49. The molecule has 3 N–H and O–H groups in total. The molecule has 1 aromatic rings. The first-order valence-electron chi connectivity index (χ1n) is 8.67. The summed E-state index contributed by atoms with van der Waals surface area (Å²) in [4.78, 5) is 12.5. The van der Waals surface area contributed by atoms with E-state index in [0.29, 0.717) is 19.6 Å². The SMILES string of the molecule is CCOC1CC(N)(C(=O)NCCCc2ccc(OC)cc2)C1(C)C. The van der Waals surface area contributed by atoms with E-state index in [0.717, 1.165) is 18.6 Å². The number of hydrogen-bond donors (Lipinski definition) is 2. The van der Waals surface area contributed by atoms with Gasteiger partial charge in [-0.1, -0.05) is 26.0 Å². The van der Waals surface area contributed by atoms with Crippen LogP contribution >= 0.6 is 0 Å². The first-order chi connectivity index (χ1) is 11.3. The molecule has 2 atom stereocenters. The number of benzene rings is 1. The quantitative estimate of drug-likeness (QED) is 0.715. The molecular formula is C19H30N2O3. The van der Waals surface area contributed by atoms with Gasteiger partial charge in [-0.05, 0) is 37.5 Å². The van der Waals surface area contributed by atoms with Crippen molar-refractivity contribution < 1.29 is 14.3 Å². The molecule has 0 aromatic heterocycles. The van der Waals surface area contributed by atoms with Crippen molar-refractivity contribution in [1.29, 1.82) is 0 Å². The van der Waals surface area contributed by atoms with E-state index in [1.54, 1.807) is 7.11 Å². The number of nitrogens with two attached hydrogens (primary N) is 1. The summed E-state index contributed by atoms with van der Waals surface area (Å²) in [6.45, 7) is 7.25. The van der Waals surface area contributed by atoms with Crippen molar-refractivity contribution in [2.45, 2.75) is 51.7 Å². The summed E-state index contributed by atoms with van der Waals surface area (Å²) in [7, 11) is 1.66. The topological polar surface area (TPSA) is 73.6 Å². The number of ether oxygens (including phenoxy) is 2. The van der Waals surface area contributed by atoms with Crippen LogP contribution in [0.3, 0.4) is 0 Å². The molecule has 2 unspecified atom stereocenters. The van der Waals surface area contributed by atoms with Crippen LogP contribution in [0.5, 0.6) is 5.75 Å². The molecule has 24 heavy (non-hydrogen) atoms. The van der Waals surface area contributed by atoms with Crippen molar-refractivity contribution in [3.63, 3.8) is 0 Å². The average molecular weight is 334 g/mol. The summed E-state index contributed by atoms with van der Waals surface area (Å²) >= 11 is 0. The molecule has 5 heteroatoms. The van der Waals surface area contributed by atoms with Gasteiger partial charge in [-0.2, -0.15) is 0 Å². The standard InChI is InChI=1S/C19H30N2O3/c1-5-24-16-13-19(20,18(16,2)3)17(22)21-12-6-7-14-8-10-15(23-4)11-9-14/h8-11,16H,5-7,12-13,20H2,1-4H3,(H,21,22). The Bertz CT molecular complexity index is 556. The van der Waals surface area contributed by atoms with Gasteiger partial charge in [0.2, 0.25) is 5.91 Å². The predicted octanol–water partition coefficient (Wildman–Crippen LogP) is 2.28. The van der Waals surface area contributed by atoms with Crippen LogP contribution in [0, 0.1) is 5.41 Å². The van der Waals surface area contributed by atoms with Gasteiger partial charge >= 0.3 is 0 Å². The fourth-order valence-electron chi connectivity index (χ4n) is 3.26. The van der Waals surface area contributed by atoms with Crippen molar-refractivity contribution in [3.05, 3.63) is 29.8 Å². The van der Waals surface area contributed by atoms with Crippen molar-refractivity contribution in [1.82, 2.24) is 5.32 Å². The van der Waals surface area contributed by atoms with E-state index in [1.807, 2.05) is 45.0 Å². The highest BCUT2D eigenvalue weighted by atomic mass is 16.5. The number of rotatable bonds is 8. The largest absolute Gasteiger partial charge is 0.497 e. The van der Waals surface area contributed by atoms with Crippen LogP contribution in [-0.4, -0.2) is 37.8 Å². The minimum atomic E-state index is -0.840. The van der Waals surface area contributed by atoms with Gasteiger partial charge in [-0.3, -0.25) is 4.79 Å². The number of carbonyl (C=O) groups is 1. The Morgan fingerprint density at radius 1 is 1.33 bits per heavy atom. The Balaban J connectivity index is 1.77. The molecule has 134 valence electrons. The highest BCUT2D eigenvalue weighted by molar-refractivity contribution is 5.88. The number of amides is 1. The maximum atomic E-state index is 12.5. The number of nitrogens with one attached hydrogen (secondary N) is 1. The van der Waals surface area contributed by atoms with E-state index < -0.39 is 5.54 Å². The van der Waals surface area contributed by atoms with Gasteiger partial charge in [0.15, 0.2) is 0 Å². The smallest absolute Gasteiger partial charge is 0.240 e. The van der Waals surface area contributed by atoms with E-state index in [4.69, 9.17) is 15.2 Å². The van der Waals surface area contributed by atoms with E-state index in [-0.39, 0.29) is 17.4 Å². The Labute approximate surface area is 144 Å². The second kappa shape index (κ2) is 7.53. The van der Waals surface area contributed by atoms with E-state index >= 15 is 0 Å². The van der Waals surface area contributed by atoms with Gasteiger partial charge in [0.1, 0.15) is 11.3 Å². The molecule has 1 aliphatic carbocycles. The molecule has 0 spiro atoms. The molecule has 0 saturated heterocycles. The number of methoxy groups -OCH3 is 1. The lowest BCUT2D eigenvalue weighted by atomic mass is 9.54. The maximum Gasteiger partial charge on any atom is 0.240 e. The molecule has 1 amide bonds. The Morgan fingerprint density at radius 3 is 2.54 bits per heavy atom. The Morgan fingerprint density at radius 2 is 2.00 bits per heavy atom. The maximum absolute atomic E-state index is 12.5. The first-order valence-corrected chi connectivity index (χ1v) is 8.67. The molecule has 0 bridgehead atoms. The third kappa shape index (κ3) is 3.57. The molecule has 5 nitrogen and oxygen atoms in total. The molecule has 1 saturated carbocycles. The van der Waals surface area contributed by atoms with Crippen molar-refractivity contribution in [3.8, 4) is 5.75 Å². The van der Waals surface area contributed by atoms with Gasteiger partial charge < -0.3 is 20.5 Å². The molecular weight excluding hydrogens is 304 g/mol. The Kier molecular flexibility index (Phi) is 5.88. The van der Waals surface area contributed by atoms with Crippen LogP contribution in [-0.2, 0) is 16.0 Å². The highest BCUT2D eigenvalue weighted by Gasteiger charge is 2.62. The molecule has 1 aromatic carbocycles. The molecule has 1 aliphatic rings. The zero-order valence-corrected chi connectivity index (χ0v) is 15.2. The first kappa shape index (κ1) is 18.7. The van der Waals surface area contributed by atoms with Crippen LogP contribution in [0.1, 0.15) is 39.2 Å². The second-order valence-corrected chi connectivity index (χ2v) is 7.05. The summed E-state index contributed by atoms with van der Waals surface area (Å²) in [5.41, 5.74) is 6.41. The number of aryl methyl sites for hydroxylation is 1. The lowest BCUT2D eigenvalue weighted by molar-refractivity contribution is -0.170. The third-order valence-corrected chi connectivity index (χ3v) is 5.32. The van der Waals surface area contributed by atoms with E-state index in [9.17, 15) is 4.79 Å². The fourth-order valence-corrected chi connectivity index (χ4v) is 3.26. The number of carbonyl (C=O) groups excluding carboxylic acids is 1. The predicted molar refractivity (Wildman–Crippen MR) is 95.1 cm³/mol. The zero-order valence-electron chi connectivity index (χ0n) is 15.2. The van der Waals surface area contributed by atoms with Gasteiger partial charge in [0, 0.05) is 25.0 Å². The fraction of sp³-hybridized carbons (Fsp3) is 0.632. The minimum Gasteiger partial charge on any atom is -0.497 e. The van der Waals surface area contributed by atoms with E-state index in [2.05, 4.69) is 5.32 Å². The normalized spacial score (nSPS) is 25.0. The van der Waals surface area contributed by atoms with Gasteiger partial charge in [-0.15, -0.1) is 0 Å². The monoisotopic (exact) mass is 334 g/mol. The van der Waals surface area contributed by atoms with Crippen molar-refractivity contribution in [2.75, 3.05) is 20.3 Å². The summed E-state index contributed by atoms with van der Waals surface area (Å²) in [6, 6.07) is 8.00. The average Bonchev–Trinajstić information content (AvgIpc) is 2.58. The van der Waals surface area contributed by atoms with Crippen LogP contribution in [0.15, 0.2) is 24.3 Å². The number of hydrogen-bond acceptors (Lipinski definition) is 4. The summed E-state index contributed by atoms with van der Waals surface area (Å²) in [5, 5.41) is 2.99. The van der Waals surface area contributed by atoms with Crippen LogP contribution in [0.2, 0.25) is 0 Å². The van der Waals surface area contributed by atoms with Crippen molar-refractivity contribution in [2.24, 2.45) is 11.1 Å². The second-order valence-electron chi connectivity index (χ2n) is 7.05. The molecule has 0 heterocycles. The summed E-state index contributed by atoms with van der Waals surface area (Å²) in [6.07, 6.45) is 2.42. The third-order valence-electron chi connectivity index (χ3n) is 5.32. The molecule has 0 radical (unpaired) electrons. The van der Waals surface area contributed by atoms with Crippen LogP contribution in [0.25, 0.3) is 0 Å². The lowest BCUT2D eigenvalue weighted by Gasteiger charge is -2.57. The lowest BCUT2D eigenvalue weighted by Crippen LogP contribution is -2.75. The zero-order chi connectivity index (χ0) is 17.8. The molecule has 1 fully saturated rings. The Hall–Kier alpha value is -1.59. The summed E-state index contributed by atoms with van der Waals surface area (Å²) < 4.78 is 10.8. The molecule has 0 aliphatic heterocycles. The van der Waals surface area contributed by atoms with Gasteiger partial charge in [-0.25, -0.2) is 0 Å². The van der Waals surface area contributed by atoms with Gasteiger partial charge in [0.05, 0.1) is 13.2 Å². The van der Waals surface area contributed by atoms with Crippen LogP contribution < -0.4 is 15.8 Å². The molecule has 2 rings (SSSR count). The summed E-state index contributed by atoms with van der Waals surface area (Å²) in [5.74, 6) is 0.784. The van der Waals surface area contributed by atoms with Gasteiger partial charge in [0.25, 0.3) is 0 Å².